The van der Waals surface area contributed by atoms with Crippen molar-refractivity contribution in [2.45, 2.75) is 32.9 Å². The summed E-state index contributed by atoms with van der Waals surface area (Å²) in [6.45, 7) is 7.10. The van der Waals surface area contributed by atoms with Crippen LogP contribution in [0.5, 0.6) is 0 Å². The molecule has 5 nitrogen and oxygen atoms in total. The smallest absolute Gasteiger partial charge is 0.322 e. The summed E-state index contributed by atoms with van der Waals surface area (Å²) in [6.07, 6.45) is 1.76. The number of carbonyl (C=O) groups excluding carboxylic acids is 1. The highest BCUT2D eigenvalue weighted by molar-refractivity contribution is 5.89. The van der Waals surface area contributed by atoms with E-state index in [1.807, 2.05) is 31.7 Å². The minimum absolute atomic E-state index is 0.0728. The molecule has 0 aromatic carbocycles. The van der Waals surface area contributed by atoms with Gasteiger partial charge >= 0.3 is 6.03 Å². The zero-order valence-corrected chi connectivity index (χ0v) is 11.0. The Labute approximate surface area is 107 Å². The average Bonchev–Trinajstić information content (AvgIpc) is 2.32. The van der Waals surface area contributed by atoms with Crippen LogP contribution in [-0.4, -0.2) is 41.2 Å². The quantitative estimate of drug-likeness (QED) is 0.828. The van der Waals surface area contributed by atoms with Crippen molar-refractivity contribution < 1.29 is 9.53 Å². The summed E-state index contributed by atoms with van der Waals surface area (Å²) >= 11 is 0. The van der Waals surface area contributed by atoms with Crippen LogP contribution in [0, 0.1) is 6.92 Å². The van der Waals surface area contributed by atoms with Gasteiger partial charge in [-0.1, -0.05) is 0 Å². The van der Waals surface area contributed by atoms with Gasteiger partial charge in [0.05, 0.1) is 18.8 Å². The van der Waals surface area contributed by atoms with Crippen LogP contribution >= 0.6 is 0 Å². The van der Waals surface area contributed by atoms with Gasteiger partial charge in [0, 0.05) is 24.1 Å². The minimum Gasteiger partial charge on any atom is -0.375 e. The van der Waals surface area contributed by atoms with Gasteiger partial charge in [0.1, 0.15) is 0 Å². The summed E-state index contributed by atoms with van der Waals surface area (Å²) < 4.78 is 5.51. The first-order chi connectivity index (χ1) is 8.58. The Hall–Kier alpha value is -1.62. The summed E-state index contributed by atoms with van der Waals surface area (Å²) in [5, 5.41) is 2.89. The Morgan fingerprint density at radius 1 is 1.56 bits per heavy atom. The fourth-order valence-corrected chi connectivity index (χ4v) is 2.04. The fourth-order valence-electron chi connectivity index (χ4n) is 2.04. The molecule has 2 heterocycles. The molecule has 1 saturated heterocycles. The number of nitrogens with zero attached hydrogens (tertiary/aromatic N) is 2. The van der Waals surface area contributed by atoms with Crippen LogP contribution in [0.15, 0.2) is 18.3 Å². The molecule has 1 aromatic heterocycles. The molecule has 2 atom stereocenters. The molecule has 1 aromatic rings. The van der Waals surface area contributed by atoms with E-state index < -0.39 is 0 Å². The molecule has 5 heteroatoms. The highest BCUT2D eigenvalue weighted by Gasteiger charge is 2.29. The topological polar surface area (TPSA) is 54.5 Å². The van der Waals surface area contributed by atoms with E-state index in [0.29, 0.717) is 13.2 Å². The van der Waals surface area contributed by atoms with Gasteiger partial charge in [-0.15, -0.1) is 0 Å². The molecule has 2 rings (SSSR count). The molecule has 0 aliphatic carbocycles. The first-order valence-electron chi connectivity index (χ1n) is 6.20. The second kappa shape index (κ2) is 5.35. The number of urea groups is 1. The maximum atomic E-state index is 12.2. The molecule has 1 fully saturated rings. The monoisotopic (exact) mass is 249 g/mol. The van der Waals surface area contributed by atoms with Crippen LogP contribution in [0.25, 0.3) is 0 Å². The number of nitrogens with one attached hydrogen (secondary N) is 1. The maximum Gasteiger partial charge on any atom is 0.322 e. The summed E-state index contributed by atoms with van der Waals surface area (Å²) in [4.78, 5) is 18.1. The number of hydrogen-bond acceptors (Lipinski definition) is 3. The van der Waals surface area contributed by atoms with Crippen molar-refractivity contribution in [1.82, 2.24) is 9.88 Å². The molecule has 0 saturated carbocycles. The Kier molecular flexibility index (Phi) is 3.81. The third kappa shape index (κ3) is 2.79. The molecule has 0 bridgehead atoms. The van der Waals surface area contributed by atoms with E-state index in [2.05, 4.69) is 10.3 Å². The van der Waals surface area contributed by atoms with E-state index in [4.69, 9.17) is 4.74 Å². The van der Waals surface area contributed by atoms with Crippen LogP contribution in [0.2, 0.25) is 0 Å². The van der Waals surface area contributed by atoms with E-state index in [1.165, 1.54) is 0 Å². The van der Waals surface area contributed by atoms with Gasteiger partial charge in [0.15, 0.2) is 0 Å². The van der Waals surface area contributed by atoms with Crippen molar-refractivity contribution in [3.63, 3.8) is 0 Å². The van der Waals surface area contributed by atoms with Crippen molar-refractivity contribution in [2.75, 3.05) is 18.5 Å². The molecule has 18 heavy (non-hydrogen) atoms. The largest absolute Gasteiger partial charge is 0.375 e. The van der Waals surface area contributed by atoms with Gasteiger partial charge in [-0.25, -0.2) is 4.79 Å². The Balaban J connectivity index is 2.03. The van der Waals surface area contributed by atoms with Gasteiger partial charge in [-0.05, 0) is 32.9 Å². The van der Waals surface area contributed by atoms with Gasteiger partial charge in [0.25, 0.3) is 0 Å². The van der Waals surface area contributed by atoms with E-state index in [9.17, 15) is 4.79 Å². The molecule has 1 aliphatic rings. The lowest BCUT2D eigenvalue weighted by Gasteiger charge is -2.37. The van der Waals surface area contributed by atoms with Crippen molar-refractivity contribution in [3.8, 4) is 0 Å². The zero-order valence-electron chi connectivity index (χ0n) is 11.0. The normalized spacial score (nSPS) is 23.8. The molecule has 0 spiro atoms. The van der Waals surface area contributed by atoms with Crippen molar-refractivity contribution >= 4 is 11.7 Å². The number of aryl methyl sites for hydroxylation is 1. The second-order valence-electron chi connectivity index (χ2n) is 4.63. The lowest BCUT2D eigenvalue weighted by Crippen LogP contribution is -2.52. The first kappa shape index (κ1) is 12.8. The highest BCUT2D eigenvalue weighted by atomic mass is 16.5. The van der Waals surface area contributed by atoms with Gasteiger partial charge in [-0.2, -0.15) is 0 Å². The second-order valence-corrected chi connectivity index (χ2v) is 4.63. The van der Waals surface area contributed by atoms with Crippen LogP contribution < -0.4 is 5.32 Å². The van der Waals surface area contributed by atoms with Crippen molar-refractivity contribution in [3.05, 3.63) is 24.0 Å². The van der Waals surface area contributed by atoms with Gasteiger partial charge in [-0.3, -0.25) is 4.98 Å². The summed E-state index contributed by atoms with van der Waals surface area (Å²) in [6, 6.07) is 3.65. The first-order valence-corrected chi connectivity index (χ1v) is 6.20. The zero-order chi connectivity index (χ0) is 13.1. The number of carbonyl (C=O) groups is 1. The number of ether oxygens (including phenoxy) is 1. The molecular weight excluding hydrogens is 230 g/mol. The fraction of sp³-hybridized carbons (Fsp3) is 0.538. The number of aromatic nitrogens is 1. The van der Waals surface area contributed by atoms with E-state index >= 15 is 0 Å². The minimum atomic E-state index is -0.0803. The summed E-state index contributed by atoms with van der Waals surface area (Å²) in [7, 11) is 0. The lowest BCUT2D eigenvalue weighted by atomic mass is 10.1. The molecular formula is C13H19N3O2. The highest BCUT2D eigenvalue weighted by Crippen LogP contribution is 2.15. The van der Waals surface area contributed by atoms with Gasteiger partial charge in [0.2, 0.25) is 0 Å². The molecule has 1 aliphatic heterocycles. The number of anilines is 1. The van der Waals surface area contributed by atoms with E-state index in [0.717, 1.165) is 11.4 Å². The lowest BCUT2D eigenvalue weighted by molar-refractivity contribution is -0.0355. The number of morpholine rings is 1. The van der Waals surface area contributed by atoms with Gasteiger partial charge < -0.3 is 15.0 Å². The molecule has 1 N–H and O–H groups in total. The third-order valence-electron chi connectivity index (χ3n) is 3.29. The Morgan fingerprint density at radius 3 is 3.06 bits per heavy atom. The standard InChI is InChI=1S/C13H19N3O2/c1-9-8-12(4-5-14-9)15-13(17)16-6-7-18-11(3)10(16)2/h4-5,8,10-11H,6-7H2,1-3H3,(H,14,15,17)/t10-,11-/m1/s1. The third-order valence-corrected chi connectivity index (χ3v) is 3.29. The molecule has 2 amide bonds. The number of amides is 2. The number of pyridine rings is 1. The van der Waals surface area contributed by atoms with E-state index in [1.54, 1.807) is 12.3 Å². The van der Waals surface area contributed by atoms with E-state index in [-0.39, 0.29) is 18.2 Å². The van der Waals surface area contributed by atoms with Crippen LogP contribution in [0.1, 0.15) is 19.5 Å². The van der Waals surface area contributed by atoms with Crippen LogP contribution in [0.4, 0.5) is 10.5 Å². The summed E-state index contributed by atoms with van der Waals surface area (Å²) in [5.41, 5.74) is 1.66. The number of rotatable bonds is 1. The average molecular weight is 249 g/mol. The summed E-state index contributed by atoms with van der Waals surface area (Å²) in [5.74, 6) is 0. The predicted molar refractivity (Wildman–Crippen MR) is 69.6 cm³/mol. The molecule has 0 radical (unpaired) electrons. The Bertz CT molecular complexity index is 436. The SMILES string of the molecule is Cc1cc(NC(=O)N2CCO[C@H](C)[C@H]2C)ccn1. The maximum absolute atomic E-state index is 12.2. The molecule has 0 unspecified atom stereocenters. The molecule has 98 valence electrons. The predicted octanol–water partition coefficient (Wildman–Crippen LogP) is 2.03. The van der Waals surface area contributed by atoms with Crippen molar-refractivity contribution in [1.29, 1.82) is 0 Å². The Morgan fingerprint density at radius 2 is 2.33 bits per heavy atom. The number of hydrogen-bond donors (Lipinski definition) is 1. The van der Waals surface area contributed by atoms with Crippen LogP contribution in [0.3, 0.4) is 0 Å². The van der Waals surface area contributed by atoms with Crippen LogP contribution in [-0.2, 0) is 4.74 Å². The van der Waals surface area contributed by atoms with Crippen molar-refractivity contribution in [2.24, 2.45) is 0 Å².